The molecule has 0 radical (unpaired) electrons. The van der Waals surface area contributed by atoms with Gasteiger partial charge in [0.2, 0.25) is 5.91 Å². The number of halogens is 1. The van der Waals surface area contributed by atoms with Gasteiger partial charge >= 0.3 is 6.09 Å². The number of imide groups is 1. The quantitative estimate of drug-likeness (QED) is 0.831. The van der Waals surface area contributed by atoms with E-state index in [1.807, 2.05) is 4.90 Å². The lowest BCUT2D eigenvalue weighted by atomic mass is 10.2. The third kappa shape index (κ3) is 3.19. The molecular formula is C15H18FN3O3. The first kappa shape index (κ1) is 14.8. The Bertz CT molecular complexity index is 556. The SMILES string of the molecule is O=C(CN1CCN(c2ccc(F)cc2)CC1)N1CCOC1=O. The van der Waals surface area contributed by atoms with E-state index >= 15 is 0 Å². The van der Waals surface area contributed by atoms with Crippen LogP contribution < -0.4 is 4.90 Å². The molecule has 0 saturated carbocycles. The number of hydrogen-bond acceptors (Lipinski definition) is 5. The Balaban J connectivity index is 1.50. The van der Waals surface area contributed by atoms with Gasteiger partial charge in [-0.1, -0.05) is 0 Å². The normalized spacial score (nSPS) is 19.4. The smallest absolute Gasteiger partial charge is 0.416 e. The third-order valence-electron chi connectivity index (χ3n) is 3.98. The lowest BCUT2D eigenvalue weighted by Crippen LogP contribution is -2.50. The highest BCUT2D eigenvalue weighted by atomic mass is 19.1. The predicted molar refractivity (Wildman–Crippen MR) is 78.1 cm³/mol. The van der Waals surface area contributed by atoms with E-state index in [-0.39, 0.29) is 24.9 Å². The van der Waals surface area contributed by atoms with Crippen molar-refractivity contribution < 1.29 is 18.7 Å². The van der Waals surface area contributed by atoms with Crippen molar-refractivity contribution in [2.75, 3.05) is 50.8 Å². The molecule has 2 aliphatic heterocycles. The highest BCUT2D eigenvalue weighted by Gasteiger charge is 2.30. The van der Waals surface area contributed by atoms with Crippen LogP contribution in [0.1, 0.15) is 0 Å². The van der Waals surface area contributed by atoms with Crippen LogP contribution in [0.4, 0.5) is 14.9 Å². The van der Waals surface area contributed by atoms with Crippen molar-refractivity contribution in [3.8, 4) is 0 Å². The fourth-order valence-corrected chi connectivity index (χ4v) is 2.71. The van der Waals surface area contributed by atoms with Crippen LogP contribution in [0.2, 0.25) is 0 Å². The molecule has 2 amide bonds. The monoisotopic (exact) mass is 307 g/mol. The number of nitrogens with zero attached hydrogens (tertiary/aromatic N) is 3. The predicted octanol–water partition coefficient (Wildman–Crippen LogP) is 0.926. The maximum absolute atomic E-state index is 12.9. The van der Waals surface area contributed by atoms with Crippen molar-refractivity contribution in [2.45, 2.75) is 0 Å². The summed E-state index contributed by atoms with van der Waals surface area (Å²) in [5, 5.41) is 0. The lowest BCUT2D eigenvalue weighted by Gasteiger charge is -2.36. The van der Waals surface area contributed by atoms with E-state index in [9.17, 15) is 14.0 Å². The second-order valence-corrected chi connectivity index (χ2v) is 5.40. The van der Waals surface area contributed by atoms with E-state index in [1.165, 1.54) is 12.1 Å². The van der Waals surface area contributed by atoms with E-state index in [1.54, 1.807) is 12.1 Å². The average Bonchev–Trinajstić information content (AvgIpc) is 2.95. The van der Waals surface area contributed by atoms with Gasteiger partial charge in [0.25, 0.3) is 0 Å². The summed E-state index contributed by atoms with van der Waals surface area (Å²) >= 11 is 0. The van der Waals surface area contributed by atoms with Gasteiger partial charge in [-0.25, -0.2) is 14.1 Å². The zero-order chi connectivity index (χ0) is 15.5. The van der Waals surface area contributed by atoms with Gasteiger partial charge in [-0.05, 0) is 24.3 Å². The van der Waals surface area contributed by atoms with E-state index in [0.717, 1.165) is 36.8 Å². The number of hydrogen-bond donors (Lipinski definition) is 0. The largest absolute Gasteiger partial charge is 0.447 e. The third-order valence-corrected chi connectivity index (χ3v) is 3.98. The van der Waals surface area contributed by atoms with Crippen molar-refractivity contribution >= 4 is 17.7 Å². The maximum Gasteiger partial charge on any atom is 0.416 e. The Hall–Kier alpha value is -2.15. The minimum Gasteiger partial charge on any atom is -0.447 e. The summed E-state index contributed by atoms with van der Waals surface area (Å²) in [7, 11) is 0. The van der Waals surface area contributed by atoms with E-state index in [0.29, 0.717) is 6.54 Å². The number of ether oxygens (including phenoxy) is 1. The van der Waals surface area contributed by atoms with Gasteiger partial charge in [-0.15, -0.1) is 0 Å². The second-order valence-electron chi connectivity index (χ2n) is 5.40. The van der Waals surface area contributed by atoms with Crippen molar-refractivity contribution in [3.05, 3.63) is 30.1 Å². The molecule has 0 unspecified atom stereocenters. The molecule has 0 N–H and O–H groups in total. The van der Waals surface area contributed by atoms with Gasteiger partial charge in [0, 0.05) is 31.9 Å². The molecule has 0 atom stereocenters. The van der Waals surface area contributed by atoms with E-state index in [4.69, 9.17) is 4.74 Å². The fourth-order valence-electron chi connectivity index (χ4n) is 2.71. The summed E-state index contributed by atoms with van der Waals surface area (Å²) in [5.41, 5.74) is 0.982. The Morgan fingerprint density at radius 3 is 2.36 bits per heavy atom. The van der Waals surface area contributed by atoms with E-state index in [2.05, 4.69) is 4.90 Å². The van der Waals surface area contributed by atoms with Gasteiger partial charge in [-0.3, -0.25) is 9.69 Å². The van der Waals surface area contributed by atoms with Gasteiger partial charge in [0.1, 0.15) is 12.4 Å². The molecule has 22 heavy (non-hydrogen) atoms. The number of carbonyl (C=O) groups is 2. The first-order chi connectivity index (χ1) is 10.6. The van der Waals surface area contributed by atoms with Crippen LogP contribution in [0.15, 0.2) is 24.3 Å². The van der Waals surface area contributed by atoms with Crippen LogP contribution in [0, 0.1) is 5.82 Å². The van der Waals surface area contributed by atoms with Gasteiger partial charge in [0.05, 0.1) is 13.1 Å². The molecular weight excluding hydrogens is 289 g/mol. The van der Waals surface area contributed by atoms with Crippen LogP contribution in [0.3, 0.4) is 0 Å². The summed E-state index contributed by atoms with van der Waals surface area (Å²) in [6.45, 7) is 3.84. The Labute approximate surface area is 128 Å². The van der Waals surface area contributed by atoms with Crippen molar-refractivity contribution in [1.29, 1.82) is 0 Å². The molecule has 0 spiro atoms. The number of rotatable bonds is 3. The zero-order valence-corrected chi connectivity index (χ0v) is 12.2. The van der Waals surface area contributed by atoms with Crippen LogP contribution >= 0.6 is 0 Å². The van der Waals surface area contributed by atoms with Crippen molar-refractivity contribution in [1.82, 2.24) is 9.80 Å². The van der Waals surface area contributed by atoms with Crippen molar-refractivity contribution in [2.24, 2.45) is 0 Å². The minimum atomic E-state index is -0.546. The number of anilines is 1. The van der Waals surface area contributed by atoms with Crippen LogP contribution in [-0.4, -0.2) is 67.7 Å². The standard InChI is InChI=1S/C15H18FN3O3/c16-12-1-3-13(4-2-12)18-7-5-17(6-8-18)11-14(20)19-9-10-22-15(19)21/h1-4H,5-11H2. The molecule has 1 aromatic carbocycles. The second kappa shape index (κ2) is 6.31. The molecule has 3 rings (SSSR count). The minimum absolute atomic E-state index is 0.210. The van der Waals surface area contributed by atoms with Crippen LogP contribution in [-0.2, 0) is 9.53 Å². The molecule has 1 aromatic rings. The summed E-state index contributed by atoms with van der Waals surface area (Å²) in [5.74, 6) is -0.455. The molecule has 0 aromatic heterocycles. The molecule has 2 aliphatic rings. The number of carbonyl (C=O) groups excluding carboxylic acids is 2. The lowest BCUT2D eigenvalue weighted by molar-refractivity contribution is -0.129. The molecule has 118 valence electrons. The summed E-state index contributed by atoms with van der Waals surface area (Å²) in [4.78, 5) is 28.7. The molecule has 2 fully saturated rings. The Kier molecular flexibility index (Phi) is 4.24. The van der Waals surface area contributed by atoms with Crippen molar-refractivity contribution in [3.63, 3.8) is 0 Å². The first-order valence-corrected chi connectivity index (χ1v) is 7.33. The van der Waals surface area contributed by atoms with Gasteiger partial charge in [-0.2, -0.15) is 0 Å². The molecule has 6 nitrogen and oxygen atoms in total. The highest BCUT2D eigenvalue weighted by Crippen LogP contribution is 2.17. The maximum atomic E-state index is 12.9. The molecule has 0 aliphatic carbocycles. The van der Waals surface area contributed by atoms with Crippen LogP contribution in [0.5, 0.6) is 0 Å². The zero-order valence-electron chi connectivity index (χ0n) is 12.2. The first-order valence-electron chi connectivity index (χ1n) is 7.33. The molecule has 7 heteroatoms. The van der Waals surface area contributed by atoms with E-state index < -0.39 is 6.09 Å². The average molecular weight is 307 g/mol. The molecule has 2 saturated heterocycles. The van der Waals surface area contributed by atoms with Gasteiger partial charge in [0.15, 0.2) is 0 Å². The summed E-state index contributed by atoms with van der Waals surface area (Å²) < 4.78 is 17.7. The topological polar surface area (TPSA) is 53.1 Å². The van der Waals surface area contributed by atoms with Gasteiger partial charge < -0.3 is 9.64 Å². The molecule has 2 heterocycles. The number of amides is 2. The Morgan fingerprint density at radius 2 is 1.77 bits per heavy atom. The van der Waals surface area contributed by atoms with Crippen LogP contribution in [0.25, 0.3) is 0 Å². The number of piperazine rings is 1. The Morgan fingerprint density at radius 1 is 1.09 bits per heavy atom. The summed E-state index contributed by atoms with van der Waals surface area (Å²) in [6.07, 6.45) is -0.546. The number of cyclic esters (lactones) is 1. The fraction of sp³-hybridized carbons (Fsp3) is 0.467. The highest BCUT2D eigenvalue weighted by molar-refractivity contribution is 5.94. The molecule has 0 bridgehead atoms. The summed E-state index contributed by atoms with van der Waals surface area (Å²) in [6, 6.07) is 6.42. The number of benzene rings is 1.